The molecule has 5 rings (SSSR count). The van der Waals surface area contributed by atoms with Gasteiger partial charge < -0.3 is 4.98 Å². The molecule has 0 amide bonds. The topological polar surface area (TPSA) is 87.5 Å². The first kappa shape index (κ1) is 20.2. The van der Waals surface area contributed by atoms with Crippen LogP contribution in [0, 0.1) is 0 Å². The number of sulfonamides is 1. The fourth-order valence-corrected chi connectivity index (χ4v) is 4.66. The molecule has 0 spiro atoms. The van der Waals surface area contributed by atoms with Crippen molar-refractivity contribution in [2.75, 3.05) is 14.1 Å². The Morgan fingerprint density at radius 2 is 1.56 bits per heavy atom. The first-order chi connectivity index (χ1) is 15.3. The average molecular weight is 445 g/mol. The zero-order valence-corrected chi connectivity index (χ0v) is 18.3. The van der Waals surface area contributed by atoms with E-state index in [-0.39, 0.29) is 10.5 Å². The number of hydrogen-bond acceptors (Lipinski definition) is 4. The molecule has 0 aliphatic rings. The van der Waals surface area contributed by atoms with E-state index in [2.05, 4.69) is 4.98 Å². The molecule has 0 aliphatic heterocycles. The third-order valence-electron chi connectivity index (χ3n) is 5.44. The summed E-state index contributed by atoms with van der Waals surface area (Å²) in [6, 6.07) is 23.8. The van der Waals surface area contributed by atoms with Crippen LogP contribution in [0.3, 0.4) is 0 Å². The summed E-state index contributed by atoms with van der Waals surface area (Å²) in [7, 11) is -0.552. The Hall–Kier alpha value is -3.75. The van der Waals surface area contributed by atoms with Crippen molar-refractivity contribution >= 4 is 26.6 Å². The molecule has 3 aromatic carbocycles. The van der Waals surface area contributed by atoms with Crippen LogP contribution in [0.1, 0.15) is 0 Å². The Bertz CT molecular complexity index is 1640. The van der Waals surface area contributed by atoms with Gasteiger partial charge in [0.25, 0.3) is 5.56 Å². The minimum absolute atomic E-state index is 0.206. The summed E-state index contributed by atoms with van der Waals surface area (Å²) in [6.45, 7) is 0. The Morgan fingerprint density at radius 3 is 2.31 bits per heavy atom. The van der Waals surface area contributed by atoms with E-state index in [0.717, 1.165) is 22.4 Å². The Labute approximate surface area is 184 Å². The highest BCUT2D eigenvalue weighted by Crippen LogP contribution is 2.27. The fraction of sp³-hybridized carbons (Fsp3) is 0.0833. The molecule has 0 bridgehead atoms. The highest BCUT2D eigenvalue weighted by molar-refractivity contribution is 7.89. The van der Waals surface area contributed by atoms with Crippen LogP contribution in [0.2, 0.25) is 0 Å². The summed E-state index contributed by atoms with van der Waals surface area (Å²) in [5.74, 6) is 0. The van der Waals surface area contributed by atoms with Crippen LogP contribution in [-0.2, 0) is 10.0 Å². The zero-order chi connectivity index (χ0) is 22.5. The molecular weight excluding hydrogens is 424 g/mol. The molecule has 160 valence electrons. The number of rotatable bonds is 4. The molecule has 2 aromatic heterocycles. The molecule has 5 aromatic rings. The maximum Gasteiger partial charge on any atom is 0.259 e. The molecule has 0 saturated heterocycles. The summed E-state index contributed by atoms with van der Waals surface area (Å²) in [6.07, 6.45) is 0. The van der Waals surface area contributed by atoms with E-state index in [1.165, 1.54) is 18.4 Å². The van der Waals surface area contributed by atoms with Gasteiger partial charge in [-0.2, -0.15) is 5.10 Å². The number of nitrogens with zero attached hydrogens (tertiary/aromatic N) is 3. The lowest BCUT2D eigenvalue weighted by atomic mass is 10.0. The average Bonchev–Trinajstić information content (AvgIpc) is 3.24. The van der Waals surface area contributed by atoms with Crippen molar-refractivity contribution < 1.29 is 8.42 Å². The number of benzene rings is 3. The predicted octanol–water partition coefficient (Wildman–Crippen LogP) is 3.76. The smallest absolute Gasteiger partial charge is 0.259 e. The number of fused-ring (bicyclic) bond motifs is 3. The Balaban J connectivity index is 1.71. The van der Waals surface area contributed by atoms with Gasteiger partial charge in [0, 0.05) is 25.7 Å². The molecule has 0 atom stereocenters. The van der Waals surface area contributed by atoms with Gasteiger partial charge >= 0.3 is 0 Å². The lowest BCUT2D eigenvalue weighted by Crippen LogP contribution is -2.22. The highest BCUT2D eigenvalue weighted by Gasteiger charge is 2.18. The van der Waals surface area contributed by atoms with Gasteiger partial charge in [-0.15, -0.1) is 0 Å². The molecule has 0 aliphatic carbocycles. The van der Waals surface area contributed by atoms with Gasteiger partial charge in [-0.3, -0.25) is 4.79 Å². The lowest BCUT2D eigenvalue weighted by molar-refractivity contribution is 0.521. The number of nitrogens with one attached hydrogen (secondary N) is 1. The number of hydrogen-bond donors (Lipinski definition) is 1. The third kappa shape index (κ3) is 3.30. The van der Waals surface area contributed by atoms with Crippen LogP contribution < -0.4 is 5.56 Å². The van der Waals surface area contributed by atoms with Crippen LogP contribution in [0.4, 0.5) is 0 Å². The van der Waals surface area contributed by atoms with Crippen LogP contribution >= 0.6 is 0 Å². The summed E-state index contributed by atoms with van der Waals surface area (Å²) in [5, 5.41) is 5.21. The van der Waals surface area contributed by atoms with Gasteiger partial charge in [0.05, 0.1) is 21.5 Å². The van der Waals surface area contributed by atoms with Crippen molar-refractivity contribution in [2.45, 2.75) is 4.90 Å². The lowest BCUT2D eigenvalue weighted by Gasteiger charge is -2.12. The highest BCUT2D eigenvalue weighted by atomic mass is 32.2. The quantitative estimate of drug-likeness (QED) is 0.457. The summed E-state index contributed by atoms with van der Waals surface area (Å²) in [5.41, 5.74) is 4.24. The predicted molar refractivity (Wildman–Crippen MR) is 125 cm³/mol. The molecule has 32 heavy (non-hydrogen) atoms. The summed E-state index contributed by atoms with van der Waals surface area (Å²) < 4.78 is 28.0. The van der Waals surface area contributed by atoms with E-state index in [1.54, 1.807) is 28.8 Å². The second kappa shape index (κ2) is 7.44. The summed E-state index contributed by atoms with van der Waals surface area (Å²) in [4.78, 5) is 15.8. The molecule has 2 heterocycles. The van der Waals surface area contributed by atoms with Crippen molar-refractivity contribution in [1.82, 2.24) is 18.9 Å². The van der Waals surface area contributed by atoms with E-state index in [9.17, 15) is 13.2 Å². The summed E-state index contributed by atoms with van der Waals surface area (Å²) >= 11 is 0. The van der Waals surface area contributed by atoms with Gasteiger partial charge in [0.15, 0.2) is 0 Å². The molecule has 0 fully saturated rings. The van der Waals surface area contributed by atoms with E-state index < -0.39 is 10.0 Å². The molecule has 0 radical (unpaired) electrons. The van der Waals surface area contributed by atoms with Gasteiger partial charge in [-0.05, 0) is 35.4 Å². The van der Waals surface area contributed by atoms with Crippen LogP contribution in [0.25, 0.3) is 38.9 Å². The van der Waals surface area contributed by atoms with Gasteiger partial charge in [-0.25, -0.2) is 17.2 Å². The van der Waals surface area contributed by atoms with Gasteiger partial charge in [0.2, 0.25) is 10.0 Å². The Morgan fingerprint density at radius 1 is 0.844 bits per heavy atom. The van der Waals surface area contributed by atoms with Crippen molar-refractivity contribution in [2.24, 2.45) is 0 Å². The van der Waals surface area contributed by atoms with Crippen molar-refractivity contribution in [3.8, 4) is 22.4 Å². The maximum absolute atomic E-state index is 12.7. The standard InChI is InChI=1S/C24H20N4O3S/c1-27(2)32(30,31)19-10-6-9-17(13-19)18-11-12-20-22(14-18)28-23(25-24(20)29)15-21(26-28)16-7-4-3-5-8-16/h3-15H,1-2H3,(H,25,29). The van der Waals surface area contributed by atoms with E-state index in [0.29, 0.717) is 16.6 Å². The maximum atomic E-state index is 12.7. The van der Waals surface area contributed by atoms with Crippen LogP contribution in [-0.4, -0.2) is 41.4 Å². The minimum atomic E-state index is -3.56. The monoisotopic (exact) mass is 444 g/mol. The van der Waals surface area contributed by atoms with Crippen molar-refractivity contribution in [3.63, 3.8) is 0 Å². The molecule has 8 heteroatoms. The SMILES string of the molecule is CN(C)S(=O)(=O)c1cccc(-c2ccc3c(=O)[nH]c4cc(-c5ccccc5)nn4c3c2)c1. The molecule has 0 unspecified atom stereocenters. The number of aromatic amines is 1. The first-order valence-electron chi connectivity index (χ1n) is 9.99. The number of H-pyrrole nitrogens is 1. The molecule has 7 nitrogen and oxygen atoms in total. The van der Waals surface area contributed by atoms with Crippen LogP contribution in [0.15, 0.2) is 88.6 Å². The third-order valence-corrected chi connectivity index (χ3v) is 7.25. The Kier molecular flexibility index (Phi) is 4.69. The minimum Gasteiger partial charge on any atom is -0.306 e. The second-order valence-corrected chi connectivity index (χ2v) is 9.85. The fourth-order valence-electron chi connectivity index (χ4n) is 3.71. The second-order valence-electron chi connectivity index (χ2n) is 7.69. The first-order valence-corrected chi connectivity index (χ1v) is 11.4. The molecule has 1 N–H and O–H groups in total. The number of aromatic nitrogens is 3. The van der Waals surface area contributed by atoms with E-state index >= 15 is 0 Å². The van der Waals surface area contributed by atoms with E-state index in [1.807, 2.05) is 54.6 Å². The largest absolute Gasteiger partial charge is 0.306 e. The zero-order valence-electron chi connectivity index (χ0n) is 17.5. The molecular formula is C24H20N4O3S. The van der Waals surface area contributed by atoms with Crippen molar-refractivity contribution in [3.05, 3.63) is 89.2 Å². The van der Waals surface area contributed by atoms with E-state index in [4.69, 9.17) is 5.10 Å². The van der Waals surface area contributed by atoms with Crippen LogP contribution in [0.5, 0.6) is 0 Å². The van der Waals surface area contributed by atoms with Crippen molar-refractivity contribution in [1.29, 1.82) is 0 Å². The van der Waals surface area contributed by atoms with Gasteiger partial charge in [-0.1, -0.05) is 48.5 Å². The van der Waals surface area contributed by atoms with Gasteiger partial charge in [0.1, 0.15) is 5.65 Å². The normalized spacial score (nSPS) is 12.1. The molecule has 0 saturated carbocycles.